The molecule has 1 aliphatic heterocycles. The van der Waals surface area contributed by atoms with Gasteiger partial charge in [-0.1, -0.05) is 17.3 Å². The Morgan fingerprint density at radius 2 is 1.58 bits per heavy atom. The van der Waals surface area contributed by atoms with Crippen LogP contribution >= 0.6 is 0 Å². The lowest BCUT2D eigenvalue weighted by molar-refractivity contribution is 0.238. The largest absolute Gasteiger partial charge is 0.493 e. The van der Waals surface area contributed by atoms with Crippen molar-refractivity contribution in [1.29, 1.82) is 0 Å². The Hall–Kier alpha value is -3.26. The molecule has 8 heteroatoms. The quantitative estimate of drug-likeness (QED) is 0.523. The summed E-state index contributed by atoms with van der Waals surface area (Å²) in [7, 11) is 4.97. The number of para-hydroxylation sites is 2. The normalized spacial score (nSPS) is 13.5. The molecule has 0 fully saturated rings. The van der Waals surface area contributed by atoms with Gasteiger partial charge in [-0.05, 0) is 41.8 Å². The van der Waals surface area contributed by atoms with Crippen LogP contribution in [0.1, 0.15) is 16.8 Å². The lowest BCUT2D eigenvalue weighted by Crippen LogP contribution is -2.33. The van der Waals surface area contributed by atoms with E-state index in [-0.39, 0.29) is 0 Å². The van der Waals surface area contributed by atoms with Crippen LogP contribution in [0.25, 0.3) is 0 Å². The van der Waals surface area contributed by atoms with Crippen LogP contribution in [0.3, 0.4) is 0 Å². The number of fused-ring (bicyclic) bond motifs is 1. The SMILES string of the molecule is COc1cc2c(cc1OC)CN(CCn1cc(COc3ccccc3OC)nn1)CC2. The van der Waals surface area contributed by atoms with Crippen LogP contribution in [-0.2, 0) is 26.1 Å². The number of hydrogen-bond donors (Lipinski definition) is 0. The van der Waals surface area contributed by atoms with Crippen molar-refractivity contribution in [2.24, 2.45) is 0 Å². The third-order valence-corrected chi connectivity index (χ3v) is 5.47. The Bertz CT molecular complexity index is 1020. The van der Waals surface area contributed by atoms with E-state index >= 15 is 0 Å². The summed E-state index contributed by atoms with van der Waals surface area (Å²) < 4.78 is 23.9. The molecule has 0 atom stereocenters. The van der Waals surface area contributed by atoms with E-state index in [0.29, 0.717) is 18.1 Å². The van der Waals surface area contributed by atoms with Crippen LogP contribution in [0.2, 0.25) is 0 Å². The summed E-state index contributed by atoms with van der Waals surface area (Å²) in [6.45, 7) is 3.89. The lowest BCUT2D eigenvalue weighted by atomic mass is 9.99. The molecule has 0 N–H and O–H groups in total. The van der Waals surface area contributed by atoms with Gasteiger partial charge in [-0.2, -0.15) is 0 Å². The molecule has 0 spiro atoms. The Balaban J connectivity index is 1.31. The second-order valence-corrected chi connectivity index (χ2v) is 7.41. The maximum absolute atomic E-state index is 5.83. The highest BCUT2D eigenvalue weighted by Gasteiger charge is 2.19. The van der Waals surface area contributed by atoms with Crippen molar-refractivity contribution in [3.8, 4) is 23.0 Å². The van der Waals surface area contributed by atoms with Crippen molar-refractivity contribution >= 4 is 0 Å². The highest BCUT2D eigenvalue weighted by atomic mass is 16.5. The highest BCUT2D eigenvalue weighted by Crippen LogP contribution is 2.33. The van der Waals surface area contributed by atoms with Gasteiger partial charge < -0.3 is 18.9 Å². The van der Waals surface area contributed by atoms with Gasteiger partial charge in [0.1, 0.15) is 12.3 Å². The summed E-state index contributed by atoms with van der Waals surface area (Å²) >= 11 is 0. The first-order valence-electron chi connectivity index (χ1n) is 10.3. The molecule has 0 saturated heterocycles. The van der Waals surface area contributed by atoms with E-state index in [1.807, 2.05) is 35.1 Å². The first-order chi connectivity index (χ1) is 15.2. The molecule has 0 saturated carbocycles. The number of aromatic nitrogens is 3. The minimum absolute atomic E-state index is 0.346. The molecule has 2 heterocycles. The number of ether oxygens (including phenoxy) is 4. The van der Waals surface area contributed by atoms with E-state index in [1.54, 1.807) is 21.3 Å². The summed E-state index contributed by atoms with van der Waals surface area (Å²) in [6.07, 6.45) is 2.92. The number of nitrogens with zero attached hydrogens (tertiary/aromatic N) is 4. The molecule has 4 rings (SSSR count). The molecule has 0 bridgehead atoms. The lowest BCUT2D eigenvalue weighted by Gasteiger charge is -2.29. The zero-order valence-corrected chi connectivity index (χ0v) is 18.2. The van der Waals surface area contributed by atoms with Gasteiger partial charge in [-0.3, -0.25) is 9.58 Å². The van der Waals surface area contributed by atoms with E-state index in [2.05, 4.69) is 27.3 Å². The number of rotatable bonds is 9. The van der Waals surface area contributed by atoms with Gasteiger partial charge in [0.15, 0.2) is 23.0 Å². The maximum atomic E-state index is 5.83. The molecule has 0 aliphatic carbocycles. The van der Waals surface area contributed by atoms with Crippen LogP contribution in [0, 0.1) is 0 Å². The van der Waals surface area contributed by atoms with E-state index in [1.165, 1.54) is 11.1 Å². The van der Waals surface area contributed by atoms with Crippen LogP contribution < -0.4 is 18.9 Å². The highest BCUT2D eigenvalue weighted by molar-refractivity contribution is 5.48. The van der Waals surface area contributed by atoms with Gasteiger partial charge in [0, 0.05) is 19.6 Å². The van der Waals surface area contributed by atoms with Crippen molar-refractivity contribution in [3.05, 3.63) is 59.4 Å². The standard InChI is InChI=1S/C23H28N4O4/c1-28-20-6-4-5-7-21(20)31-16-19-15-27(25-24-19)11-10-26-9-8-17-12-22(29-2)23(30-3)13-18(17)14-26/h4-7,12-13,15H,8-11,14,16H2,1-3H3. The Labute approximate surface area is 182 Å². The minimum atomic E-state index is 0.346. The second-order valence-electron chi connectivity index (χ2n) is 7.41. The number of hydrogen-bond acceptors (Lipinski definition) is 7. The smallest absolute Gasteiger partial charge is 0.161 e. The fourth-order valence-corrected chi connectivity index (χ4v) is 3.78. The van der Waals surface area contributed by atoms with Gasteiger partial charge in [0.05, 0.1) is 34.1 Å². The first-order valence-corrected chi connectivity index (χ1v) is 10.3. The summed E-state index contributed by atoms with van der Waals surface area (Å²) in [5, 5.41) is 8.47. The molecular weight excluding hydrogens is 396 g/mol. The predicted molar refractivity (Wildman–Crippen MR) is 116 cm³/mol. The zero-order valence-electron chi connectivity index (χ0n) is 18.2. The zero-order chi connectivity index (χ0) is 21.6. The monoisotopic (exact) mass is 424 g/mol. The molecule has 8 nitrogen and oxygen atoms in total. The van der Waals surface area contributed by atoms with E-state index in [9.17, 15) is 0 Å². The van der Waals surface area contributed by atoms with Gasteiger partial charge in [-0.25, -0.2) is 0 Å². The average Bonchev–Trinajstić information content (AvgIpc) is 3.28. The molecule has 0 unspecified atom stereocenters. The van der Waals surface area contributed by atoms with Crippen LogP contribution in [0.15, 0.2) is 42.6 Å². The van der Waals surface area contributed by atoms with Crippen LogP contribution in [-0.4, -0.2) is 54.3 Å². The molecule has 2 aromatic carbocycles. The Morgan fingerprint density at radius 1 is 0.871 bits per heavy atom. The van der Waals surface area contributed by atoms with Crippen molar-refractivity contribution in [2.45, 2.75) is 26.1 Å². The summed E-state index contributed by atoms with van der Waals surface area (Å²) in [4.78, 5) is 2.42. The maximum Gasteiger partial charge on any atom is 0.161 e. The number of benzene rings is 2. The average molecular weight is 425 g/mol. The van der Waals surface area contributed by atoms with Gasteiger partial charge >= 0.3 is 0 Å². The second kappa shape index (κ2) is 9.70. The third-order valence-electron chi connectivity index (χ3n) is 5.47. The molecule has 31 heavy (non-hydrogen) atoms. The van der Waals surface area contributed by atoms with Crippen LogP contribution in [0.4, 0.5) is 0 Å². The summed E-state index contributed by atoms with van der Waals surface area (Å²) in [5.41, 5.74) is 3.39. The van der Waals surface area contributed by atoms with Crippen molar-refractivity contribution < 1.29 is 18.9 Å². The van der Waals surface area contributed by atoms with Crippen molar-refractivity contribution in [2.75, 3.05) is 34.4 Å². The molecular formula is C23H28N4O4. The molecule has 1 aliphatic rings. The van der Waals surface area contributed by atoms with E-state index < -0.39 is 0 Å². The molecule has 3 aromatic rings. The van der Waals surface area contributed by atoms with Crippen molar-refractivity contribution in [1.82, 2.24) is 19.9 Å². The summed E-state index contributed by atoms with van der Waals surface area (Å²) in [6, 6.07) is 11.8. The van der Waals surface area contributed by atoms with Gasteiger partial charge in [-0.15, -0.1) is 5.10 Å². The van der Waals surface area contributed by atoms with Crippen LogP contribution in [0.5, 0.6) is 23.0 Å². The predicted octanol–water partition coefficient (Wildman–Crippen LogP) is 2.94. The fraction of sp³-hybridized carbons (Fsp3) is 0.391. The van der Waals surface area contributed by atoms with Gasteiger partial charge in [0.25, 0.3) is 0 Å². The summed E-state index contributed by atoms with van der Waals surface area (Å²) in [5.74, 6) is 2.97. The number of methoxy groups -OCH3 is 3. The molecule has 1 aromatic heterocycles. The topological polar surface area (TPSA) is 70.9 Å². The third kappa shape index (κ3) is 4.91. The Kier molecular flexibility index (Phi) is 6.57. The minimum Gasteiger partial charge on any atom is -0.493 e. The van der Waals surface area contributed by atoms with E-state index in [0.717, 1.165) is 49.8 Å². The molecule has 0 radical (unpaired) electrons. The molecule has 0 amide bonds. The first kappa shape index (κ1) is 21.0. The van der Waals surface area contributed by atoms with E-state index in [4.69, 9.17) is 18.9 Å². The van der Waals surface area contributed by atoms with Gasteiger partial charge in [0.2, 0.25) is 0 Å². The Morgan fingerprint density at radius 3 is 2.32 bits per heavy atom. The van der Waals surface area contributed by atoms with Crippen molar-refractivity contribution in [3.63, 3.8) is 0 Å². The molecule has 164 valence electrons. The fourth-order valence-electron chi connectivity index (χ4n) is 3.78.